The molecule has 0 heterocycles. The Hall–Kier alpha value is -2.54. The summed E-state index contributed by atoms with van der Waals surface area (Å²) in [4.78, 5) is 0. The van der Waals surface area contributed by atoms with E-state index in [0.29, 0.717) is 6.61 Å². The highest BCUT2D eigenvalue weighted by Crippen LogP contribution is 2.30. The Labute approximate surface area is 229 Å². The van der Waals surface area contributed by atoms with Crippen molar-refractivity contribution in [2.75, 3.05) is 6.61 Å². The van der Waals surface area contributed by atoms with E-state index in [1.165, 1.54) is 83.9 Å². The van der Waals surface area contributed by atoms with Crippen molar-refractivity contribution in [3.8, 4) is 0 Å². The van der Waals surface area contributed by atoms with Crippen molar-refractivity contribution in [2.24, 2.45) is 5.92 Å². The molecule has 1 aromatic rings. The Balaban J connectivity index is 0.000000352. The van der Waals surface area contributed by atoms with E-state index >= 15 is 0 Å². The Morgan fingerprint density at radius 3 is 2.30 bits per heavy atom. The van der Waals surface area contributed by atoms with Crippen molar-refractivity contribution in [2.45, 2.75) is 106 Å². The van der Waals surface area contributed by atoms with Crippen molar-refractivity contribution in [3.63, 3.8) is 0 Å². The molecule has 0 saturated heterocycles. The number of benzene rings is 1. The van der Waals surface area contributed by atoms with Gasteiger partial charge >= 0.3 is 0 Å². The van der Waals surface area contributed by atoms with Crippen LogP contribution in [0.25, 0.3) is 6.08 Å². The molecule has 37 heavy (non-hydrogen) atoms. The molecular weight excluding hydrogens is 448 g/mol. The molecule has 2 aliphatic rings. The van der Waals surface area contributed by atoms with Crippen LogP contribution in [0, 0.1) is 12.8 Å². The first-order chi connectivity index (χ1) is 17.9. The third-order valence-corrected chi connectivity index (χ3v) is 7.22. The summed E-state index contributed by atoms with van der Waals surface area (Å²) in [6, 6.07) is 6.82. The van der Waals surface area contributed by atoms with Gasteiger partial charge in [0.1, 0.15) is 6.61 Å². The summed E-state index contributed by atoms with van der Waals surface area (Å²) in [6.07, 6.45) is 22.2. The van der Waals surface area contributed by atoms with E-state index in [2.05, 4.69) is 77.3 Å². The van der Waals surface area contributed by atoms with Gasteiger partial charge in [-0.05, 0) is 91.9 Å². The van der Waals surface area contributed by atoms with Gasteiger partial charge in [-0.25, -0.2) is 0 Å². The Morgan fingerprint density at radius 1 is 1.03 bits per heavy atom. The Morgan fingerprint density at radius 2 is 1.73 bits per heavy atom. The average molecular weight is 503 g/mol. The molecule has 1 fully saturated rings. The number of allylic oxidation sites excluding steroid dienone is 8. The highest BCUT2D eigenvalue weighted by Gasteiger charge is 2.15. The van der Waals surface area contributed by atoms with E-state index in [4.69, 9.17) is 4.74 Å². The minimum atomic E-state index is 0.591. The Bertz CT molecular complexity index is 960. The van der Waals surface area contributed by atoms with Gasteiger partial charge in [-0.3, -0.25) is 0 Å². The monoisotopic (exact) mass is 502 g/mol. The van der Waals surface area contributed by atoms with Gasteiger partial charge in [0.25, 0.3) is 0 Å². The lowest BCUT2D eigenvalue weighted by molar-refractivity contribution is 0.243. The van der Waals surface area contributed by atoms with Gasteiger partial charge in [0.05, 0.1) is 5.76 Å². The van der Waals surface area contributed by atoms with Crippen LogP contribution in [-0.4, -0.2) is 6.61 Å². The average Bonchev–Trinajstić information content (AvgIpc) is 3.36. The van der Waals surface area contributed by atoms with Crippen LogP contribution in [0.5, 0.6) is 0 Å². The zero-order valence-corrected chi connectivity index (χ0v) is 25.1. The molecule has 0 atom stereocenters. The van der Waals surface area contributed by atoms with Gasteiger partial charge in [0.15, 0.2) is 0 Å². The smallest absolute Gasteiger partial charge is 0.106 e. The van der Waals surface area contributed by atoms with Crippen LogP contribution in [0.2, 0.25) is 0 Å². The van der Waals surface area contributed by atoms with Crippen molar-refractivity contribution in [1.82, 2.24) is 0 Å². The topological polar surface area (TPSA) is 9.23 Å². The summed E-state index contributed by atoms with van der Waals surface area (Å²) in [5, 5.41) is 0. The molecule has 1 aromatic carbocycles. The first-order valence-electron chi connectivity index (χ1n) is 14.6. The minimum absolute atomic E-state index is 0.591. The van der Waals surface area contributed by atoms with Crippen LogP contribution < -0.4 is 0 Å². The highest BCUT2D eigenvalue weighted by molar-refractivity contribution is 5.63. The summed E-state index contributed by atoms with van der Waals surface area (Å²) >= 11 is 0. The fourth-order valence-corrected chi connectivity index (χ4v) is 5.09. The van der Waals surface area contributed by atoms with E-state index < -0.39 is 0 Å². The molecule has 3 rings (SSSR count). The fraction of sp³-hybridized carbons (Fsp3) is 0.500. The molecule has 1 nitrogen and oxygen atoms in total. The molecule has 0 unspecified atom stereocenters. The predicted molar refractivity (Wildman–Crippen MR) is 167 cm³/mol. The number of hydrogen-bond acceptors (Lipinski definition) is 1. The van der Waals surface area contributed by atoms with Gasteiger partial charge < -0.3 is 4.74 Å². The minimum Gasteiger partial charge on any atom is -0.494 e. The van der Waals surface area contributed by atoms with Gasteiger partial charge in [-0.1, -0.05) is 121 Å². The molecule has 2 aliphatic carbocycles. The number of rotatable bonds is 10. The quantitative estimate of drug-likeness (QED) is 0.176. The first kappa shape index (κ1) is 32.5. The van der Waals surface area contributed by atoms with Gasteiger partial charge in [0, 0.05) is 0 Å². The molecule has 0 amide bonds. The molecule has 0 bridgehead atoms. The van der Waals surface area contributed by atoms with Gasteiger partial charge in [-0.15, -0.1) is 0 Å². The second-order valence-electron chi connectivity index (χ2n) is 10.1. The largest absolute Gasteiger partial charge is 0.494 e. The summed E-state index contributed by atoms with van der Waals surface area (Å²) in [7, 11) is 0. The van der Waals surface area contributed by atoms with Crippen LogP contribution in [0.15, 0.2) is 83.7 Å². The van der Waals surface area contributed by atoms with Crippen molar-refractivity contribution in [3.05, 3.63) is 100 Å². The molecule has 0 aliphatic heterocycles. The maximum atomic E-state index is 5.58. The predicted octanol–water partition coefficient (Wildman–Crippen LogP) is 11.3. The third kappa shape index (κ3) is 11.6. The lowest BCUT2D eigenvalue weighted by atomic mass is 9.84. The SMILES string of the molecule is C=CCO/C(C)=C(\C=C)CC1CCCCC1.CC.CCCc1cc(/C=C(\C)C2=CCC=C2C)ccc1C. The molecule has 0 N–H and O–H groups in total. The maximum absolute atomic E-state index is 5.58. The van der Waals surface area contributed by atoms with E-state index in [0.717, 1.165) is 24.5 Å². The maximum Gasteiger partial charge on any atom is 0.106 e. The van der Waals surface area contributed by atoms with E-state index in [1.54, 1.807) is 6.08 Å². The second kappa shape index (κ2) is 18.7. The summed E-state index contributed by atoms with van der Waals surface area (Å²) in [5.41, 5.74) is 9.69. The van der Waals surface area contributed by atoms with Crippen molar-refractivity contribution >= 4 is 6.08 Å². The summed E-state index contributed by atoms with van der Waals surface area (Å²) < 4.78 is 5.58. The summed E-state index contributed by atoms with van der Waals surface area (Å²) in [6.45, 7) is 23.0. The van der Waals surface area contributed by atoms with Crippen LogP contribution in [0.3, 0.4) is 0 Å². The second-order valence-corrected chi connectivity index (χ2v) is 10.1. The standard InChI is InChI=1S/C19H24.C15H24O.C2H6/c1-5-7-18-13-17(11-10-14(18)2)12-16(4)19-9-6-8-15(19)3;1-4-11-16-13(3)15(5-2)12-14-9-7-6-8-10-14;1-2/h8-13H,5-7H2,1-4H3;4-5,14H,1-2,6-12H2,3H3;1-2H3/b16-12+;15-13+;. The molecule has 1 saturated carbocycles. The van der Waals surface area contributed by atoms with Crippen LogP contribution in [-0.2, 0) is 11.2 Å². The van der Waals surface area contributed by atoms with Crippen LogP contribution in [0.4, 0.5) is 0 Å². The zero-order valence-electron chi connectivity index (χ0n) is 25.1. The van der Waals surface area contributed by atoms with E-state index in [9.17, 15) is 0 Å². The lowest BCUT2D eigenvalue weighted by Gasteiger charge is -2.22. The molecular formula is C36H54O. The highest BCUT2D eigenvalue weighted by atomic mass is 16.5. The van der Waals surface area contributed by atoms with Crippen molar-refractivity contribution < 1.29 is 4.74 Å². The number of hydrogen-bond donors (Lipinski definition) is 0. The molecule has 1 heteroatoms. The fourth-order valence-electron chi connectivity index (χ4n) is 5.09. The molecule has 0 radical (unpaired) electrons. The molecule has 0 aromatic heterocycles. The van der Waals surface area contributed by atoms with Crippen LogP contribution in [0.1, 0.15) is 110 Å². The number of aryl methyl sites for hydroxylation is 2. The van der Waals surface area contributed by atoms with Gasteiger partial charge in [0.2, 0.25) is 0 Å². The molecule has 0 spiro atoms. The third-order valence-electron chi connectivity index (χ3n) is 7.22. The summed E-state index contributed by atoms with van der Waals surface area (Å²) in [5.74, 6) is 1.85. The van der Waals surface area contributed by atoms with E-state index in [-0.39, 0.29) is 0 Å². The normalized spacial score (nSPS) is 16.2. The number of ether oxygens (including phenoxy) is 1. The van der Waals surface area contributed by atoms with Crippen LogP contribution >= 0.6 is 0 Å². The Kier molecular flexibility index (Phi) is 16.4. The van der Waals surface area contributed by atoms with Gasteiger partial charge in [-0.2, -0.15) is 0 Å². The lowest BCUT2D eigenvalue weighted by Crippen LogP contribution is -2.08. The molecule has 204 valence electrons. The van der Waals surface area contributed by atoms with Crippen molar-refractivity contribution in [1.29, 1.82) is 0 Å². The zero-order chi connectivity index (χ0) is 27.6. The van der Waals surface area contributed by atoms with E-state index in [1.807, 2.05) is 26.8 Å². The first-order valence-corrected chi connectivity index (χ1v) is 14.6.